The first-order valence-corrected chi connectivity index (χ1v) is 11.2. The maximum Gasteiger partial charge on any atom is 0.311 e. The van der Waals surface area contributed by atoms with E-state index < -0.39 is 0 Å². The van der Waals surface area contributed by atoms with Crippen LogP contribution in [0.25, 0.3) is 6.08 Å². The molecule has 0 spiro atoms. The number of aromatic nitrogens is 1. The molecule has 0 bridgehead atoms. The average Bonchev–Trinajstić information content (AvgIpc) is 3.23. The molecule has 0 radical (unpaired) electrons. The van der Waals surface area contributed by atoms with Crippen molar-refractivity contribution in [3.8, 4) is 11.5 Å². The highest BCUT2D eigenvalue weighted by Gasteiger charge is 2.09. The van der Waals surface area contributed by atoms with Crippen molar-refractivity contribution < 1.29 is 23.8 Å². The fourth-order valence-corrected chi connectivity index (χ4v) is 3.61. The molecule has 0 aliphatic carbocycles. The van der Waals surface area contributed by atoms with Gasteiger partial charge < -0.3 is 14.2 Å². The SMILES string of the molecule is COC(=O)Cc1csc(NC(=O)/C=C/c2ccc(OCc3ccc(Br)cc3)c(OC)c2)n1. The molecule has 0 unspecified atom stereocenters. The van der Waals surface area contributed by atoms with Gasteiger partial charge in [0.15, 0.2) is 16.6 Å². The van der Waals surface area contributed by atoms with E-state index in [4.69, 9.17) is 9.47 Å². The lowest BCUT2D eigenvalue weighted by Gasteiger charge is -2.11. The highest BCUT2D eigenvalue weighted by atomic mass is 79.9. The summed E-state index contributed by atoms with van der Waals surface area (Å²) in [7, 11) is 2.88. The van der Waals surface area contributed by atoms with E-state index in [0.29, 0.717) is 28.9 Å². The zero-order valence-electron chi connectivity index (χ0n) is 17.5. The molecule has 0 aliphatic heterocycles. The molecular formula is C23H21BrN2O5S. The molecule has 1 amide bonds. The Balaban J connectivity index is 1.58. The zero-order valence-corrected chi connectivity index (χ0v) is 19.9. The van der Waals surface area contributed by atoms with Crippen molar-refractivity contribution in [2.75, 3.05) is 19.5 Å². The maximum atomic E-state index is 12.2. The van der Waals surface area contributed by atoms with Gasteiger partial charge in [0.2, 0.25) is 5.91 Å². The minimum atomic E-state index is -0.383. The van der Waals surface area contributed by atoms with E-state index in [1.165, 1.54) is 24.5 Å². The van der Waals surface area contributed by atoms with Crippen molar-refractivity contribution in [1.82, 2.24) is 4.98 Å². The molecule has 0 saturated heterocycles. The van der Waals surface area contributed by atoms with Crippen LogP contribution >= 0.6 is 27.3 Å². The van der Waals surface area contributed by atoms with Gasteiger partial charge in [0.1, 0.15) is 6.61 Å². The Morgan fingerprint density at radius 2 is 1.91 bits per heavy atom. The van der Waals surface area contributed by atoms with Gasteiger partial charge in [-0.1, -0.05) is 34.1 Å². The molecule has 3 aromatic rings. The number of methoxy groups -OCH3 is 2. The zero-order chi connectivity index (χ0) is 22.9. The van der Waals surface area contributed by atoms with Crippen molar-refractivity contribution in [3.05, 3.63) is 75.2 Å². The average molecular weight is 517 g/mol. The van der Waals surface area contributed by atoms with Crippen LogP contribution in [0.5, 0.6) is 11.5 Å². The van der Waals surface area contributed by atoms with Crippen molar-refractivity contribution in [1.29, 1.82) is 0 Å². The summed E-state index contributed by atoms with van der Waals surface area (Å²) < 4.78 is 16.9. The van der Waals surface area contributed by atoms with Crippen LogP contribution in [0.1, 0.15) is 16.8 Å². The highest BCUT2D eigenvalue weighted by Crippen LogP contribution is 2.29. The molecule has 0 fully saturated rings. The number of benzene rings is 2. The molecule has 32 heavy (non-hydrogen) atoms. The number of amides is 1. The molecule has 1 heterocycles. The second-order valence-electron chi connectivity index (χ2n) is 6.54. The smallest absolute Gasteiger partial charge is 0.311 e. The Morgan fingerprint density at radius 1 is 1.12 bits per heavy atom. The summed E-state index contributed by atoms with van der Waals surface area (Å²) in [5.74, 6) is 0.458. The monoisotopic (exact) mass is 516 g/mol. The van der Waals surface area contributed by atoms with Gasteiger partial charge in [0, 0.05) is 15.9 Å². The number of thiazole rings is 1. The number of carbonyl (C=O) groups is 2. The van der Waals surface area contributed by atoms with Crippen molar-refractivity contribution in [3.63, 3.8) is 0 Å². The van der Waals surface area contributed by atoms with Crippen molar-refractivity contribution in [2.24, 2.45) is 0 Å². The summed E-state index contributed by atoms with van der Waals surface area (Å²) in [6.45, 7) is 0.410. The number of ether oxygens (including phenoxy) is 3. The van der Waals surface area contributed by atoms with Gasteiger partial charge >= 0.3 is 5.97 Å². The molecule has 1 aromatic heterocycles. The molecular weight excluding hydrogens is 496 g/mol. The normalized spacial score (nSPS) is 10.7. The van der Waals surface area contributed by atoms with E-state index in [1.54, 1.807) is 30.7 Å². The molecule has 3 rings (SSSR count). The van der Waals surface area contributed by atoms with Crippen LogP contribution in [-0.4, -0.2) is 31.1 Å². The summed E-state index contributed by atoms with van der Waals surface area (Å²) in [6.07, 6.45) is 3.13. The van der Waals surface area contributed by atoms with E-state index in [9.17, 15) is 9.59 Å². The van der Waals surface area contributed by atoms with Crippen LogP contribution in [0.15, 0.2) is 58.4 Å². The van der Waals surface area contributed by atoms with Gasteiger partial charge in [0.05, 0.1) is 26.3 Å². The van der Waals surface area contributed by atoms with Crippen LogP contribution in [0.2, 0.25) is 0 Å². The summed E-state index contributed by atoms with van der Waals surface area (Å²) >= 11 is 4.65. The molecule has 7 nitrogen and oxygen atoms in total. The quantitative estimate of drug-likeness (QED) is 0.322. The van der Waals surface area contributed by atoms with Crippen molar-refractivity contribution in [2.45, 2.75) is 13.0 Å². The maximum absolute atomic E-state index is 12.2. The first-order chi connectivity index (χ1) is 15.5. The number of nitrogens with one attached hydrogen (secondary N) is 1. The Morgan fingerprint density at radius 3 is 2.62 bits per heavy atom. The number of esters is 1. The second kappa shape index (κ2) is 11.4. The van der Waals surface area contributed by atoms with Crippen LogP contribution in [0, 0.1) is 0 Å². The Kier molecular flexibility index (Phi) is 8.41. The highest BCUT2D eigenvalue weighted by molar-refractivity contribution is 9.10. The van der Waals surface area contributed by atoms with Gasteiger partial charge in [-0.05, 0) is 41.5 Å². The molecule has 166 valence electrons. The van der Waals surface area contributed by atoms with E-state index in [1.807, 2.05) is 30.3 Å². The summed E-state index contributed by atoms with van der Waals surface area (Å²) in [5.41, 5.74) is 2.36. The number of hydrogen-bond acceptors (Lipinski definition) is 7. The lowest BCUT2D eigenvalue weighted by molar-refractivity contribution is -0.139. The molecule has 2 aromatic carbocycles. The molecule has 9 heteroatoms. The van der Waals surface area contributed by atoms with Crippen LogP contribution in [0.4, 0.5) is 5.13 Å². The third-order valence-corrected chi connectivity index (χ3v) is 5.59. The first kappa shape index (κ1) is 23.5. The van der Waals surface area contributed by atoms with Crippen LogP contribution in [0.3, 0.4) is 0 Å². The Labute approximate surface area is 198 Å². The molecule has 0 saturated carbocycles. The third-order valence-electron chi connectivity index (χ3n) is 4.26. The predicted octanol–water partition coefficient (Wildman–Crippen LogP) is 4.86. The number of carbonyl (C=O) groups excluding carboxylic acids is 2. The molecule has 1 N–H and O–H groups in total. The third kappa shape index (κ3) is 6.93. The number of rotatable bonds is 9. The van der Waals surface area contributed by atoms with E-state index in [0.717, 1.165) is 15.6 Å². The minimum Gasteiger partial charge on any atom is -0.493 e. The first-order valence-electron chi connectivity index (χ1n) is 9.52. The summed E-state index contributed by atoms with van der Waals surface area (Å²) in [5, 5.41) is 4.79. The second-order valence-corrected chi connectivity index (χ2v) is 8.32. The number of anilines is 1. The van der Waals surface area contributed by atoms with Gasteiger partial charge in [-0.2, -0.15) is 0 Å². The molecule has 0 atom stereocenters. The van der Waals surface area contributed by atoms with E-state index in [-0.39, 0.29) is 18.3 Å². The topological polar surface area (TPSA) is 86.8 Å². The Bertz CT molecular complexity index is 1110. The van der Waals surface area contributed by atoms with E-state index in [2.05, 4.69) is 31.0 Å². The fourth-order valence-electron chi connectivity index (χ4n) is 2.63. The summed E-state index contributed by atoms with van der Waals surface area (Å²) in [4.78, 5) is 27.7. The fraction of sp³-hybridized carbons (Fsp3) is 0.174. The largest absolute Gasteiger partial charge is 0.493 e. The van der Waals surface area contributed by atoms with Crippen LogP contribution < -0.4 is 14.8 Å². The number of nitrogens with zero attached hydrogens (tertiary/aromatic N) is 1. The van der Waals surface area contributed by atoms with Gasteiger partial charge in [-0.15, -0.1) is 11.3 Å². The Hall–Kier alpha value is -3.17. The standard InChI is InChI=1S/C23H21BrN2O5S/c1-29-20-11-15(5-9-19(20)31-13-16-3-7-17(24)8-4-16)6-10-21(27)26-23-25-18(14-32-23)12-22(28)30-2/h3-11,14H,12-13H2,1-2H3,(H,25,26,27)/b10-6+. The van der Waals surface area contributed by atoms with Crippen LogP contribution in [-0.2, 0) is 27.4 Å². The van der Waals surface area contributed by atoms with Gasteiger partial charge in [-0.3, -0.25) is 14.9 Å². The number of hydrogen-bond donors (Lipinski definition) is 1. The minimum absolute atomic E-state index is 0.0642. The summed E-state index contributed by atoms with van der Waals surface area (Å²) in [6, 6.07) is 13.3. The lowest BCUT2D eigenvalue weighted by Crippen LogP contribution is -2.08. The predicted molar refractivity (Wildman–Crippen MR) is 127 cm³/mol. The van der Waals surface area contributed by atoms with E-state index >= 15 is 0 Å². The van der Waals surface area contributed by atoms with Gasteiger partial charge in [0.25, 0.3) is 0 Å². The van der Waals surface area contributed by atoms with Gasteiger partial charge in [-0.25, -0.2) is 4.98 Å². The molecule has 0 aliphatic rings. The number of halogens is 1. The lowest BCUT2D eigenvalue weighted by atomic mass is 10.2. The van der Waals surface area contributed by atoms with Crippen molar-refractivity contribution >= 4 is 50.4 Å².